The molecule has 1 aliphatic carbocycles. The van der Waals surface area contributed by atoms with Crippen LogP contribution in [0.25, 0.3) is 0 Å². The first-order valence-corrected chi connectivity index (χ1v) is 9.67. The van der Waals surface area contributed by atoms with E-state index in [1.165, 1.54) is 23.3 Å². The highest BCUT2D eigenvalue weighted by atomic mass is 15.1. The summed E-state index contributed by atoms with van der Waals surface area (Å²) in [6.45, 7) is 9.38. The van der Waals surface area contributed by atoms with E-state index in [9.17, 15) is 0 Å². The Kier molecular flexibility index (Phi) is 6.71. The topological polar surface area (TPSA) is 27.0 Å². The van der Waals surface area contributed by atoms with Crippen molar-refractivity contribution in [2.75, 3.05) is 7.05 Å². The van der Waals surface area contributed by atoms with E-state index in [0.29, 0.717) is 17.9 Å². The Balaban J connectivity index is 2.16. The van der Waals surface area contributed by atoms with Crippen molar-refractivity contribution in [2.45, 2.75) is 72.3 Å². The van der Waals surface area contributed by atoms with Crippen molar-refractivity contribution in [1.29, 1.82) is 5.26 Å². The molecule has 136 valence electrons. The maximum Gasteiger partial charge on any atom is 0.0625 e. The Bertz CT molecular complexity index is 616. The van der Waals surface area contributed by atoms with Crippen molar-refractivity contribution < 1.29 is 0 Å². The SMILES string of the molecule is C[C@@H](Cc1ccccc1)N(C)C1=C(CCC#N)C[C@H](C(C)(C)C)CC1. The minimum absolute atomic E-state index is 0.345. The minimum atomic E-state index is 0.345. The molecule has 0 N–H and O–H groups in total. The van der Waals surface area contributed by atoms with Gasteiger partial charge in [0.1, 0.15) is 0 Å². The number of nitrogens with zero attached hydrogens (tertiary/aromatic N) is 2. The third-order valence-corrected chi connectivity index (χ3v) is 5.85. The third kappa shape index (κ3) is 5.36. The first-order chi connectivity index (χ1) is 11.8. The fraction of sp³-hybridized carbons (Fsp3) is 0.609. The maximum atomic E-state index is 9.07. The molecule has 0 unspecified atom stereocenters. The second-order valence-electron chi connectivity index (χ2n) is 8.66. The lowest BCUT2D eigenvalue weighted by molar-refractivity contribution is 0.194. The molecule has 25 heavy (non-hydrogen) atoms. The zero-order valence-electron chi connectivity index (χ0n) is 16.7. The van der Waals surface area contributed by atoms with Gasteiger partial charge in [0.05, 0.1) is 6.07 Å². The van der Waals surface area contributed by atoms with Crippen LogP contribution in [0.4, 0.5) is 0 Å². The van der Waals surface area contributed by atoms with Gasteiger partial charge in [0.2, 0.25) is 0 Å². The van der Waals surface area contributed by atoms with Crippen molar-refractivity contribution >= 4 is 0 Å². The predicted molar refractivity (Wildman–Crippen MR) is 106 cm³/mol. The van der Waals surface area contributed by atoms with Crippen LogP contribution in [-0.4, -0.2) is 18.0 Å². The number of hydrogen-bond acceptors (Lipinski definition) is 2. The summed E-state index contributed by atoms with van der Waals surface area (Å²) in [6, 6.07) is 13.6. The van der Waals surface area contributed by atoms with E-state index in [4.69, 9.17) is 5.26 Å². The fourth-order valence-corrected chi connectivity index (χ4v) is 3.98. The standard InChI is InChI=1S/C23H34N2/c1-18(16-19-10-7-6-8-11-19)25(5)22-14-13-21(23(2,3)4)17-20(22)12-9-15-24/h6-8,10-11,18,21H,9,12-14,16-17H2,1-5H3/t18-,21+/m0/s1. The molecule has 0 aliphatic heterocycles. The Morgan fingerprint density at radius 1 is 1.24 bits per heavy atom. The molecule has 0 radical (unpaired) electrons. The summed E-state index contributed by atoms with van der Waals surface area (Å²) in [5.41, 5.74) is 4.76. The molecule has 0 heterocycles. The molecule has 1 aromatic carbocycles. The third-order valence-electron chi connectivity index (χ3n) is 5.85. The summed E-state index contributed by atoms with van der Waals surface area (Å²) < 4.78 is 0. The van der Waals surface area contributed by atoms with E-state index in [1.807, 2.05) is 0 Å². The summed E-state index contributed by atoms with van der Waals surface area (Å²) in [5.74, 6) is 0.725. The molecule has 2 nitrogen and oxygen atoms in total. The largest absolute Gasteiger partial charge is 0.375 e. The van der Waals surface area contributed by atoms with Crippen LogP contribution >= 0.6 is 0 Å². The van der Waals surface area contributed by atoms with E-state index in [-0.39, 0.29) is 0 Å². The van der Waals surface area contributed by atoms with Crippen molar-refractivity contribution in [3.63, 3.8) is 0 Å². The van der Waals surface area contributed by atoms with E-state index in [2.05, 4.69) is 76.0 Å². The van der Waals surface area contributed by atoms with Gasteiger partial charge in [-0.15, -0.1) is 0 Å². The second kappa shape index (κ2) is 8.56. The van der Waals surface area contributed by atoms with E-state index in [1.54, 1.807) is 0 Å². The number of hydrogen-bond donors (Lipinski definition) is 0. The molecule has 0 saturated heterocycles. The second-order valence-corrected chi connectivity index (χ2v) is 8.66. The van der Waals surface area contributed by atoms with Gasteiger partial charge in [-0.2, -0.15) is 5.26 Å². The van der Waals surface area contributed by atoms with Gasteiger partial charge >= 0.3 is 0 Å². The van der Waals surface area contributed by atoms with E-state index >= 15 is 0 Å². The van der Waals surface area contributed by atoms with Crippen LogP contribution in [0.5, 0.6) is 0 Å². The average Bonchev–Trinajstić information content (AvgIpc) is 2.59. The van der Waals surface area contributed by atoms with Crippen LogP contribution in [-0.2, 0) is 6.42 Å². The predicted octanol–water partition coefficient (Wildman–Crippen LogP) is 5.95. The van der Waals surface area contributed by atoms with Crippen molar-refractivity contribution in [3.05, 3.63) is 47.2 Å². The quantitative estimate of drug-likeness (QED) is 0.640. The molecular formula is C23H34N2. The van der Waals surface area contributed by atoms with Crippen LogP contribution < -0.4 is 0 Å². The Hall–Kier alpha value is -1.75. The van der Waals surface area contributed by atoms with Crippen LogP contribution in [0.15, 0.2) is 41.6 Å². The molecule has 2 heteroatoms. The Morgan fingerprint density at radius 2 is 1.92 bits per heavy atom. The van der Waals surface area contributed by atoms with Gasteiger partial charge in [-0.3, -0.25) is 0 Å². The van der Waals surface area contributed by atoms with E-state index < -0.39 is 0 Å². The lowest BCUT2D eigenvalue weighted by Gasteiger charge is -2.40. The summed E-state index contributed by atoms with van der Waals surface area (Å²) >= 11 is 0. The lowest BCUT2D eigenvalue weighted by Crippen LogP contribution is -2.34. The van der Waals surface area contributed by atoms with Gasteiger partial charge in [0.25, 0.3) is 0 Å². The minimum Gasteiger partial charge on any atom is -0.375 e. The van der Waals surface area contributed by atoms with Crippen LogP contribution in [0, 0.1) is 22.7 Å². The normalized spacial score (nSPS) is 19.4. The van der Waals surface area contributed by atoms with Gasteiger partial charge in [-0.05, 0) is 61.5 Å². The number of likely N-dealkylation sites (N-methyl/N-ethyl adjacent to an activating group) is 1. The molecule has 1 aromatic rings. The molecular weight excluding hydrogens is 304 g/mol. The molecule has 1 aliphatic rings. The molecule has 0 saturated carbocycles. The van der Waals surface area contributed by atoms with Gasteiger partial charge in [-0.25, -0.2) is 0 Å². The van der Waals surface area contributed by atoms with Gasteiger partial charge in [0.15, 0.2) is 0 Å². The molecule has 0 fully saturated rings. The zero-order valence-corrected chi connectivity index (χ0v) is 16.7. The number of benzene rings is 1. The highest BCUT2D eigenvalue weighted by molar-refractivity contribution is 5.21. The van der Waals surface area contributed by atoms with Crippen LogP contribution in [0.1, 0.15) is 65.4 Å². The van der Waals surface area contributed by atoms with Gasteiger partial charge in [0, 0.05) is 25.2 Å². The first kappa shape index (κ1) is 19.6. The summed E-state index contributed by atoms with van der Waals surface area (Å²) in [4.78, 5) is 2.48. The zero-order chi connectivity index (χ0) is 18.4. The van der Waals surface area contributed by atoms with Gasteiger partial charge < -0.3 is 4.90 Å². The number of nitriles is 1. The van der Waals surface area contributed by atoms with Crippen molar-refractivity contribution in [3.8, 4) is 6.07 Å². The van der Waals surface area contributed by atoms with Gasteiger partial charge in [-0.1, -0.05) is 51.1 Å². The Labute approximate surface area is 154 Å². The van der Waals surface area contributed by atoms with Crippen molar-refractivity contribution in [1.82, 2.24) is 4.90 Å². The monoisotopic (exact) mass is 338 g/mol. The van der Waals surface area contributed by atoms with Crippen LogP contribution in [0.3, 0.4) is 0 Å². The molecule has 0 spiro atoms. The smallest absolute Gasteiger partial charge is 0.0625 e. The molecule has 2 atom stereocenters. The first-order valence-electron chi connectivity index (χ1n) is 9.67. The van der Waals surface area contributed by atoms with Crippen molar-refractivity contribution in [2.24, 2.45) is 11.3 Å². The summed E-state index contributed by atoms with van der Waals surface area (Å²) in [7, 11) is 2.24. The van der Waals surface area contributed by atoms with E-state index in [0.717, 1.165) is 31.6 Å². The molecule has 0 bridgehead atoms. The number of allylic oxidation sites excluding steroid dienone is 2. The average molecular weight is 339 g/mol. The summed E-state index contributed by atoms with van der Waals surface area (Å²) in [5, 5.41) is 9.07. The fourth-order valence-electron chi connectivity index (χ4n) is 3.98. The highest BCUT2D eigenvalue weighted by Gasteiger charge is 2.31. The number of rotatable bonds is 6. The maximum absolute atomic E-state index is 9.07. The summed E-state index contributed by atoms with van der Waals surface area (Å²) in [6.07, 6.45) is 6.20. The molecule has 2 rings (SSSR count). The highest BCUT2D eigenvalue weighted by Crippen LogP contribution is 2.42. The molecule has 0 aromatic heterocycles. The molecule has 0 amide bonds. The lowest BCUT2D eigenvalue weighted by atomic mass is 9.71. The Morgan fingerprint density at radius 3 is 2.52 bits per heavy atom. The van der Waals surface area contributed by atoms with Crippen LogP contribution in [0.2, 0.25) is 0 Å².